The van der Waals surface area contributed by atoms with Crippen LogP contribution in [0.2, 0.25) is 0 Å². The molecule has 2 heterocycles. The van der Waals surface area contributed by atoms with E-state index >= 15 is 0 Å². The third-order valence-electron chi connectivity index (χ3n) is 2.39. The van der Waals surface area contributed by atoms with Gasteiger partial charge in [0.15, 0.2) is 5.82 Å². The topological polar surface area (TPSA) is 75.4 Å². The van der Waals surface area contributed by atoms with Gasteiger partial charge in [-0.3, -0.25) is 9.69 Å². The van der Waals surface area contributed by atoms with E-state index in [0.29, 0.717) is 11.6 Å². The lowest BCUT2D eigenvalue weighted by Crippen LogP contribution is -2.27. The normalized spacial score (nSPS) is 10.2. The highest BCUT2D eigenvalue weighted by atomic mass is 16.5. The lowest BCUT2D eigenvalue weighted by Gasteiger charge is -2.14. The molecule has 0 bridgehead atoms. The highest BCUT2D eigenvalue weighted by Crippen LogP contribution is 2.12. The zero-order valence-corrected chi connectivity index (χ0v) is 10.4. The first-order valence-corrected chi connectivity index (χ1v) is 5.27. The van der Waals surface area contributed by atoms with Gasteiger partial charge in [-0.15, -0.1) is 0 Å². The number of nitrogens with zero attached hydrogens (tertiary/aromatic N) is 5. The molecule has 0 unspecified atom stereocenters. The summed E-state index contributed by atoms with van der Waals surface area (Å²) in [5.74, 6) is 0.829. The third kappa shape index (κ3) is 2.29. The molecule has 0 aliphatic rings. The molecular weight excluding hydrogens is 234 g/mol. The standard InChI is InChI=1S/C11H13N5O2/c1-15(2)10-7-12-8(6-13-10)11(17)16(3)9-4-5-18-14-9/h4-7H,1-3H3. The van der Waals surface area contributed by atoms with E-state index in [4.69, 9.17) is 0 Å². The average Bonchev–Trinajstić information content (AvgIpc) is 2.91. The van der Waals surface area contributed by atoms with E-state index in [1.165, 1.54) is 17.4 Å². The Kier molecular flexibility index (Phi) is 3.22. The number of amides is 1. The molecule has 7 heteroatoms. The van der Waals surface area contributed by atoms with E-state index in [9.17, 15) is 4.79 Å². The molecule has 0 saturated heterocycles. The summed E-state index contributed by atoms with van der Waals surface area (Å²) in [5, 5.41) is 3.68. The van der Waals surface area contributed by atoms with Gasteiger partial charge in [-0.2, -0.15) is 0 Å². The Balaban J connectivity index is 2.19. The lowest BCUT2D eigenvalue weighted by molar-refractivity contribution is 0.0986. The molecule has 0 aliphatic heterocycles. The summed E-state index contributed by atoms with van der Waals surface area (Å²) < 4.78 is 4.69. The molecule has 2 aromatic rings. The predicted octanol–water partition coefficient (Wildman–Crippen LogP) is 0.807. The van der Waals surface area contributed by atoms with Crippen LogP contribution in [0.3, 0.4) is 0 Å². The lowest BCUT2D eigenvalue weighted by atomic mass is 10.4. The summed E-state index contributed by atoms with van der Waals surface area (Å²) in [4.78, 5) is 23.4. The van der Waals surface area contributed by atoms with Gasteiger partial charge >= 0.3 is 0 Å². The minimum atomic E-state index is -0.290. The van der Waals surface area contributed by atoms with Gasteiger partial charge in [-0.25, -0.2) is 9.97 Å². The Bertz CT molecular complexity index is 521. The smallest absolute Gasteiger partial charge is 0.279 e. The van der Waals surface area contributed by atoms with Crippen LogP contribution in [0.4, 0.5) is 11.6 Å². The van der Waals surface area contributed by atoms with E-state index in [2.05, 4.69) is 19.6 Å². The Labute approximate surface area is 104 Å². The second-order valence-corrected chi connectivity index (χ2v) is 3.88. The van der Waals surface area contributed by atoms with Gasteiger partial charge in [0.2, 0.25) is 0 Å². The van der Waals surface area contributed by atoms with Gasteiger partial charge in [0, 0.05) is 27.2 Å². The maximum atomic E-state index is 12.1. The van der Waals surface area contributed by atoms with E-state index in [1.54, 1.807) is 19.3 Å². The monoisotopic (exact) mass is 247 g/mol. The summed E-state index contributed by atoms with van der Waals surface area (Å²) in [7, 11) is 5.31. The molecule has 0 atom stereocenters. The van der Waals surface area contributed by atoms with E-state index in [0.717, 1.165) is 0 Å². The van der Waals surface area contributed by atoms with Gasteiger partial charge in [0.25, 0.3) is 5.91 Å². The zero-order chi connectivity index (χ0) is 13.1. The second-order valence-electron chi connectivity index (χ2n) is 3.88. The molecule has 2 aromatic heterocycles. The number of hydrogen-bond donors (Lipinski definition) is 0. The minimum absolute atomic E-state index is 0.256. The molecule has 0 spiro atoms. The first-order chi connectivity index (χ1) is 8.59. The fourth-order valence-corrected chi connectivity index (χ4v) is 1.32. The van der Waals surface area contributed by atoms with E-state index in [-0.39, 0.29) is 11.6 Å². The SMILES string of the molecule is CN(C)c1cnc(C(=O)N(C)c2ccon2)cn1. The number of rotatable bonds is 3. The Morgan fingerprint density at radius 1 is 1.17 bits per heavy atom. The molecule has 0 radical (unpaired) electrons. The van der Waals surface area contributed by atoms with Crippen LogP contribution in [0.15, 0.2) is 29.2 Å². The van der Waals surface area contributed by atoms with Gasteiger partial charge in [0.05, 0.1) is 12.4 Å². The van der Waals surface area contributed by atoms with Gasteiger partial charge in [-0.05, 0) is 0 Å². The van der Waals surface area contributed by atoms with E-state index in [1.807, 2.05) is 19.0 Å². The van der Waals surface area contributed by atoms with Crippen LogP contribution in [0, 0.1) is 0 Å². The molecule has 2 rings (SSSR count). The van der Waals surface area contributed by atoms with Crippen molar-refractivity contribution in [2.75, 3.05) is 30.9 Å². The Morgan fingerprint density at radius 3 is 2.44 bits per heavy atom. The Morgan fingerprint density at radius 2 is 1.94 bits per heavy atom. The molecule has 7 nitrogen and oxygen atoms in total. The molecule has 0 aromatic carbocycles. The number of hydrogen-bond acceptors (Lipinski definition) is 6. The molecule has 94 valence electrons. The fraction of sp³-hybridized carbons (Fsp3) is 0.273. The van der Waals surface area contributed by atoms with Crippen LogP contribution in [0.1, 0.15) is 10.5 Å². The molecule has 0 aliphatic carbocycles. The largest absolute Gasteiger partial charge is 0.363 e. The van der Waals surface area contributed by atoms with Gasteiger partial charge < -0.3 is 9.42 Å². The number of carbonyl (C=O) groups excluding carboxylic acids is 1. The molecular formula is C11H13N5O2. The quantitative estimate of drug-likeness (QED) is 0.798. The molecule has 1 amide bonds. The fourth-order valence-electron chi connectivity index (χ4n) is 1.32. The van der Waals surface area contributed by atoms with Crippen LogP contribution in [-0.4, -0.2) is 42.2 Å². The zero-order valence-electron chi connectivity index (χ0n) is 10.4. The average molecular weight is 247 g/mol. The number of aromatic nitrogens is 3. The highest BCUT2D eigenvalue weighted by molar-refractivity contribution is 6.03. The number of carbonyl (C=O) groups is 1. The second kappa shape index (κ2) is 4.82. The van der Waals surface area contributed by atoms with Crippen molar-refractivity contribution in [3.05, 3.63) is 30.4 Å². The Hall–Kier alpha value is -2.44. The van der Waals surface area contributed by atoms with Crippen LogP contribution in [0.5, 0.6) is 0 Å². The van der Waals surface area contributed by atoms with Crippen molar-refractivity contribution in [2.24, 2.45) is 0 Å². The van der Waals surface area contributed by atoms with Crippen molar-refractivity contribution in [1.29, 1.82) is 0 Å². The third-order valence-corrected chi connectivity index (χ3v) is 2.39. The summed E-state index contributed by atoms with van der Waals surface area (Å²) in [6.07, 6.45) is 4.39. The van der Waals surface area contributed by atoms with Crippen molar-refractivity contribution in [3.8, 4) is 0 Å². The van der Waals surface area contributed by atoms with Crippen LogP contribution >= 0.6 is 0 Å². The summed E-state index contributed by atoms with van der Waals surface area (Å²) in [6.45, 7) is 0. The first kappa shape index (κ1) is 12.0. The summed E-state index contributed by atoms with van der Waals surface area (Å²) >= 11 is 0. The molecule has 0 N–H and O–H groups in total. The minimum Gasteiger partial charge on any atom is -0.363 e. The van der Waals surface area contributed by atoms with Crippen molar-refractivity contribution in [1.82, 2.24) is 15.1 Å². The van der Waals surface area contributed by atoms with E-state index < -0.39 is 0 Å². The number of anilines is 2. The maximum absolute atomic E-state index is 12.1. The molecule has 0 saturated carbocycles. The molecule has 18 heavy (non-hydrogen) atoms. The highest BCUT2D eigenvalue weighted by Gasteiger charge is 2.17. The maximum Gasteiger partial charge on any atom is 0.279 e. The predicted molar refractivity (Wildman–Crippen MR) is 65.6 cm³/mol. The molecule has 0 fully saturated rings. The summed E-state index contributed by atoms with van der Waals surface area (Å²) in [6, 6.07) is 1.60. The van der Waals surface area contributed by atoms with Crippen LogP contribution in [0.25, 0.3) is 0 Å². The van der Waals surface area contributed by atoms with Crippen molar-refractivity contribution in [3.63, 3.8) is 0 Å². The van der Waals surface area contributed by atoms with Crippen molar-refractivity contribution in [2.45, 2.75) is 0 Å². The van der Waals surface area contributed by atoms with Crippen LogP contribution in [-0.2, 0) is 0 Å². The van der Waals surface area contributed by atoms with Gasteiger partial charge in [0.1, 0.15) is 17.8 Å². The van der Waals surface area contributed by atoms with Crippen molar-refractivity contribution >= 4 is 17.5 Å². The van der Waals surface area contributed by atoms with Crippen LogP contribution < -0.4 is 9.80 Å². The van der Waals surface area contributed by atoms with Gasteiger partial charge in [-0.1, -0.05) is 5.16 Å². The van der Waals surface area contributed by atoms with Crippen molar-refractivity contribution < 1.29 is 9.32 Å². The first-order valence-electron chi connectivity index (χ1n) is 5.27. The summed E-state index contributed by atoms with van der Waals surface area (Å²) in [5.41, 5.74) is 0.256.